The highest BCUT2D eigenvalue weighted by Crippen LogP contribution is 2.34. The number of hydrogen-bond donors (Lipinski definition) is 1. The van der Waals surface area contributed by atoms with Gasteiger partial charge in [0, 0.05) is 0 Å². The van der Waals surface area contributed by atoms with Crippen molar-refractivity contribution in [1.82, 2.24) is 0 Å². The first-order valence-corrected chi connectivity index (χ1v) is 8.39. The molecule has 2 rings (SSSR count). The Morgan fingerprint density at radius 1 is 0.923 bits per heavy atom. The quantitative estimate of drug-likeness (QED) is 0.705. The smallest absolute Gasteiger partial charge is 0.406 e. The molecular weight excluding hydrogens is 412 g/mol. The van der Waals surface area contributed by atoms with Gasteiger partial charge in [0.1, 0.15) is 5.75 Å². The molecule has 0 unspecified atom stereocenters. The molecule has 0 bridgehead atoms. The van der Waals surface area contributed by atoms with Crippen molar-refractivity contribution in [2.45, 2.75) is 17.4 Å². The molecule has 26 heavy (non-hydrogen) atoms. The summed E-state index contributed by atoms with van der Waals surface area (Å²) in [5, 5.41) is -0.293. The van der Waals surface area contributed by atoms with Gasteiger partial charge in [0.15, 0.2) is 0 Å². The lowest BCUT2D eigenvalue weighted by molar-refractivity contribution is -0.274. The molecule has 0 amide bonds. The summed E-state index contributed by atoms with van der Waals surface area (Å²) in [5.74, 6) is -0.659. The molecule has 2 aromatic carbocycles. The van der Waals surface area contributed by atoms with Crippen LogP contribution in [0.5, 0.6) is 5.75 Å². The van der Waals surface area contributed by atoms with E-state index < -0.39 is 44.5 Å². The summed E-state index contributed by atoms with van der Waals surface area (Å²) in [6.07, 6.45) is -9.68. The molecule has 0 spiro atoms. The van der Waals surface area contributed by atoms with Crippen molar-refractivity contribution in [1.29, 1.82) is 0 Å². The van der Waals surface area contributed by atoms with Crippen LogP contribution in [-0.2, 0) is 16.2 Å². The molecule has 0 radical (unpaired) electrons. The Kier molecular flexibility index (Phi) is 5.34. The number of halogens is 7. The topological polar surface area (TPSA) is 55.4 Å². The molecule has 0 aliphatic heterocycles. The normalized spacial score (nSPS) is 12.7. The van der Waals surface area contributed by atoms with Crippen molar-refractivity contribution < 1.29 is 39.5 Å². The number of ether oxygens (including phenoxy) is 1. The van der Waals surface area contributed by atoms with Gasteiger partial charge in [-0.05, 0) is 42.5 Å². The third kappa shape index (κ3) is 5.18. The Morgan fingerprint density at radius 3 is 2.00 bits per heavy atom. The van der Waals surface area contributed by atoms with Crippen molar-refractivity contribution in [2.75, 3.05) is 4.72 Å². The van der Waals surface area contributed by atoms with E-state index in [1.54, 1.807) is 0 Å². The van der Waals surface area contributed by atoms with E-state index in [1.807, 2.05) is 4.72 Å². The molecule has 0 atom stereocenters. The summed E-state index contributed by atoms with van der Waals surface area (Å²) >= 11 is 5.70. The highest BCUT2D eigenvalue weighted by Gasteiger charge is 2.32. The van der Waals surface area contributed by atoms with Crippen molar-refractivity contribution in [3.63, 3.8) is 0 Å². The van der Waals surface area contributed by atoms with E-state index in [1.165, 1.54) is 0 Å². The van der Waals surface area contributed by atoms with Gasteiger partial charge in [-0.3, -0.25) is 4.72 Å². The van der Waals surface area contributed by atoms with Crippen LogP contribution in [0.3, 0.4) is 0 Å². The van der Waals surface area contributed by atoms with Gasteiger partial charge in [-0.25, -0.2) is 8.42 Å². The summed E-state index contributed by atoms with van der Waals surface area (Å²) in [6.45, 7) is 0. The number of rotatable bonds is 4. The number of alkyl halides is 6. The number of benzene rings is 2. The summed E-state index contributed by atoms with van der Waals surface area (Å²) in [5.41, 5.74) is -1.66. The first-order chi connectivity index (χ1) is 11.8. The maximum atomic E-state index is 12.7. The van der Waals surface area contributed by atoms with Gasteiger partial charge in [-0.1, -0.05) is 11.6 Å². The number of hydrogen-bond acceptors (Lipinski definition) is 3. The highest BCUT2D eigenvalue weighted by atomic mass is 35.5. The van der Waals surface area contributed by atoms with Crippen LogP contribution in [-0.4, -0.2) is 14.8 Å². The third-order valence-electron chi connectivity index (χ3n) is 2.91. The average Bonchev–Trinajstić information content (AvgIpc) is 2.47. The van der Waals surface area contributed by atoms with Gasteiger partial charge in [0.2, 0.25) is 0 Å². The molecular formula is C14H8ClF6NO3S. The Labute approximate surface area is 148 Å². The fourth-order valence-corrected chi connectivity index (χ4v) is 3.10. The maximum Gasteiger partial charge on any atom is 0.573 e. The van der Waals surface area contributed by atoms with Gasteiger partial charge in [-0.2, -0.15) is 13.2 Å². The Hall–Kier alpha value is -2.14. The van der Waals surface area contributed by atoms with Gasteiger partial charge >= 0.3 is 12.5 Å². The van der Waals surface area contributed by atoms with Crippen molar-refractivity contribution in [3.8, 4) is 5.75 Å². The van der Waals surface area contributed by atoms with Crippen LogP contribution < -0.4 is 9.46 Å². The second-order valence-electron chi connectivity index (χ2n) is 4.82. The van der Waals surface area contributed by atoms with Crippen LogP contribution in [0, 0.1) is 0 Å². The predicted octanol–water partition coefficient (Wildman–Crippen LogP) is 5.06. The maximum absolute atomic E-state index is 12.7. The van der Waals surface area contributed by atoms with E-state index in [0.717, 1.165) is 30.3 Å². The average molecular weight is 420 g/mol. The molecule has 4 nitrogen and oxygen atoms in total. The molecule has 12 heteroatoms. The van der Waals surface area contributed by atoms with Crippen LogP contribution in [0.2, 0.25) is 5.02 Å². The number of anilines is 1. The second-order valence-corrected chi connectivity index (χ2v) is 6.91. The lowest BCUT2D eigenvalue weighted by Crippen LogP contribution is -2.17. The first kappa shape index (κ1) is 20.2. The van der Waals surface area contributed by atoms with Gasteiger partial charge < -0.3 is 4.74 Å². The SMILES string of the molecule is O=S(=O)(Nc1cc(C(F)(F)F)ccc1Cl)c1ccc(OC(F)(F)F)cc1. The Morgan fingerprint density at radius 2 is 1.50 bits per heavy atom. The lowest BCUT2D eigenvalue weighted by atomic mass is 10.2. The zero-order valence-corrected chi connectivity index (χ0v) is 13.9. The fraction of sp³-hybridized carbons (Fsp3) is 0.143. The molecule has 0 saturated carbocycles. The zero-order chi connectivity index (χ0) is 19.8. The molecule has 0 aliphatic carbocycles. The minimum absolute atomic E-state index is 0.293. The van der Waals surface area contributed by atoms with Crippen LogP contribution in [0.1, 0.15) is 5.56 Å². The predicted molar refractivity (Wildman–Crippen MR) is 80.4 cm³/mol. The van der Waals surface area contributed by atoms with Gasteiger partial charge in [0.25, 0.3) is 10.0 Å². The molecule has 142 valence electrons. The fourth-order valence-electron chi connectivity index (χ4n) is 1.80. The highest BCUT2D eigenvalue weighted by molar-refractivity contribution is 7.92. The molecule has 0 fully saturated rings. The molecule has 0 heterocycles. The van der Waals surface area contributed by atoms with E-state index in [4.69, 9.17) is 11.6 Å². The van der Waals surface area contributed by atoms with Crippen molar-refractivity contribution in [3.05, 3.63) is 53.1 Å². The van der Waals surface area contributed by atoms with Crippen molar-refractivity contribution in [2.24, 2.45) is 0 Å². The molecule has 2 aromatic rings. The minimum Gasteiger partial charge on any atom is -0.406 e. The number of sulfonamides is 1. The third-order valence-corrected chi connectivity index (χ3v) is 4.62. The monoisotopic (exact) mass is 419 g/mol. The van der Waals surface area contributed by atoms with Crippen LogP contribution in [0.4, 0.5) is 32.0 Å². The van der Waals surface area contributed by atoms with Gasteiger partial charge in [0.05, 0.1) is 21.2 Å². The van der Waals surface area contributed by atoms with Crippen LogP contribution in [0.15, 0.2) is 47.4 Å². The Bertz CT molecular complexity index is 894. The minimum atomic E-state index is -4.95. The Balaban J connectivity index is 2.29. The molecule has 0 aliphatic rings. The molecule has 0 aromatic heterocycles. The number of nitrogens with one attached hydrogen (secondary N) is 1. The molecule has 0 saturated heterocycles. The second kappa shape index (κ2) is 6.88. The summed E-state index contributed by atoms with van der Waals surface area (Å²) in [7, 11) is -4.40. The van der Waals surface area contributed by atoms with E-state index >= 15 is 0 Å². The van der Waals surface area contributed by atoms with E-state index in [-0.39, 0.29) is 5.02 Å². The van der Waals surface area contributed by atoms with E-state index in [0.29, 0.717) is 12.1 Å². The largest absolute Gasteiger partial charge is 0.573 e. The van der Waals surface area contributed by atoms with Crippen LogP contribution >= 0.6 is 11.6 Å². The zero-order valence-electron chi connectivity index (χ0n) is 12.3. The van der Waals surface area contributed by atoms with Gasteiger partial charge in [-0.15, -0.1) is 13.2 Å². The van der Waals surface area contributed by atoms with E-state index in [9.17, 15) is 34.8 Å². The standard InChI is InChI=1S/C14H8ClF6NO3S/c15-11-6-1-8(13(16,17)18)7-12(11)22-26(23,24)10-4-2-9(3-5-10)25-14(19,20)21/h1-7,22H. The summed E-state index contributed by atoms with van der Waals surface area (Å²) in [6, 6.07) is 5.12. The molecule has 1 N–H and O–H groups in total. The first-order valence-electron chi connectivity index (χ1n) is 6.53. The van der Waals surface area contributed by atoms with Crippen LogP contribution in [0.25, 0.3) is 0 Å². The summed E-state index contributed by atoms with van der Waals surface area (Å²) in [4.78, 5) is -0.500. The lowest BCUT2D eigenvalue weighted by Gasteiger charge is -2.13. The van der Waals surface area contributed by atoms with E-state index in [2.05, 4.69) is 4.74 Å². The van der Waals surface area contributed by atoms with Crippen molar-refractivity contribution >= 4 is 27.3 Å². The summed E-state index contributed by atoms with van der Waals surface area (Å²) < 4.78 is 104.